The van der Waals surface area contributed by atoms with E-state index in [0.29, 0.717) is 5.56 Å². The topological polar surface area (TPSA) is 47.0 Å². The molecule has 0 saturated carbocycles. The average Bonchev–Trinajstić information content (AvgIpc) is 2.17. The van der Waals surface area contributed by atoms with Crippen molar-refractivity contribution in [2.45, 2.75) is 13.8 Å². The molecule has 1 atom stereocenters. The van der Waals surface area contributed by atoms with Crippen molar-refractivity contribution in [3.63, 3.8) is 0 Å². The van der Waals surface area contributed by atoms with Gasteiger partial charge in [0.25, 0.3) is 0 Å². The van der Waals surface area contributed by atoms with E-state index in [4.69, 9.17) is 0 Å². The summed E-state index contributed by atoms with van der Waals surface area (Å²) in [7, 11) is 0. The van der Waals surface area contributed by atoms with Crippen LogP contribution in [-0.4, -0.2) is 16.6 Å². The summed E-state index contributed by atoms with van der Waals surface area (Å²) in [6.07, 6.45) is 3.08. The number of Topliss-reactive ketones (excluding diaryl/α,β-unsaturated/α-hetero) is 2. The number of pyridine rings is 1. The predicted octanol–water partition coefficient (Wildman–Crippen LogP) is 1.49. The number of carbonyl (C=O) groups excluding carboxylic acids is 2. The molecule has 3 nitrogen and oxygen atoms in total. The number of hydrogen-bond donors (Lipinski definition) is 0. The lowest BCUT2D eigenvalue weighted by Gasteiger charge is -2.05. The van der Waals surface area contributed by atoms with Gasteiger partial charge in [0.05, 0.1) is 5.92 Å². The van der Waals surface area contributed by atoms with Crippen LogP contribution in [0.15, 0.2) is 24.5 Å². The second-order valence-electron chi connectivity index (χ2n) is 2.93. The second kappa shape index (κ2) is 3.94. The Balaban J connectivity index is 2.86. The third-order valence-corrected chi connectivity index (χ3v) is 1.97. The minimum atomic E-state index is -0.553. The smallest absolute Gasteiger partial charge is 0.173 e. The van der Waals surface area contributed by atoms with E-state index in [9.17, 15) is 9.59 Å². The first-order valence-corrected chi connectivity index (χ1v) is 4.07. The van der Waals surface area contributed by atoms with Crippen molar-refractivity contribution in [2.75, 3.05) is 0 Å². The van der Waals surface area contributed by atoms with E-state index < -0.39 is 5.92 Å². The van der Waals surface area contributed by atoms with Crippen molar-refractivity contribution in [1.82, 2.24) is 4.98 Å². The highest BCUT2D eigenvalue weighted by Crippen LogP contribution is 2.08. The Hall–Kier alpha value is -1.51. The van der Waals surface area contributed by atoms with E-state index in [0.717, 1.165) is 0 Å². The molecular formula is C10H11NO2. The Morgan fingerprint density at radius 2 is 1.85 bits per heavy atom. The van der Waals surface area contributed by atoms with Gasteiger partial charge in [0, 0.05) is 18.0 Å². The van der Waals surface area contributed by atoms with Gasteiger partial charge in [-0.25, -0.2) is 0 Å². The Bertz CT molecular complexity index is 319. The molecule has 0 aliphatic rings. The molecule has 0 radical (unpaired) electrons. The van der Waals surface area contributed by atoms with Crippen LogP contribution in [0, 0.1) is 5.92 Å². The normalized spacial score (nSPS) is 12.2. The van der Waals surface area contributed by atoms with Crippen LogP contribution in [0.1, 0.15) is 24.2 Å². The van der Waals surface area contributed by atoms with E-state index in [1.54, 1.807) is 31.5 Å². The van der Waals surface area contributed by atoms with Gasteiger partial charge in [-0.3, -0.25) is 14.6 Å². The molecule has 0 spiro atoms. The molecule has 0 aliphatic heterocycles. The standard InChI is InChI=1S/C10H11NO2/c1-7(8(2)12)10(13)9-3-5-11-6-4-9/h3-7H,1-2H3. The molecule has 0 N–H and O–H groups in total. The van der Waals surface area contributed by atoms with Crippen molar-refractivity contribution >= 4 is 11.6 Å². The molecule has 0 fully saturated rings. The monoisotopic (exact) mass is 177 g/mol. The Morgan fingerprint density at radius 1 is 1.31 bits per heavy atom. The zero-order valence-corrected chi connectivity index (χ0v) is 7.65. The van der Waals surface area contributed by atoms with Crippen LogP contribution in [0.3, 0.4) is 0 Å². The van der Waals surface area contributed by atoms with Gasteiger partial charge in [-0.15, -0.1) is 0 Å². The molecule has 0 bridgehead atoms. The summed E-state index contributed by atoms with van der Waals surface area (Å²) in [6, 6.07) is 3.23. The first-order valence-electron chi connectivity index (χ1n) is 4.07. The van der Waals surface area contributed by atoms with Crippen molar-refractivity contribution in [2.24, 2.45) is 5.92 Å². The first kappa shape index (κ1) is 9.58. The van der Waals surface area contributed by atoms with E-state index in [1.807, 2.05) is 0 Å². The van der Waals surface area contributed by atoms with E-state index in [-0.39, 0.29) is 11.6 Å². The minimum Gasteiger partial charge on any atom is -0.299 e. The van der Waals surface area contributed by atoms with Gasteiger partial charge in [0.2, 0.25) is 0 Å². The lowest BCUT2D eigenvalue weighted by molar-refractivity contribution is -0.118. The van der Waals surface area contributed by atoms with Gasteiger partial charge in [0.15, 0.2) is 5.78 Å². The molecule has 1 unspecified atom stereocenters. The van der Waals surface area contributed by atoms with Crippen LogP contribution in [0.5, 0.6) is 0 Å². The molecule has 3 heteroatoms. The molecule has 68 valence electrons. The van der Waals surface area contributed by atoms with Crippen LogP contribution in [0.4, 0.5) is 0 Å². The van der Waals surface area contributed by atoms with Crippen molar-refractivity contribution in [3.05, 3.63) is 30.1 Å². The molecule has 1 aromatic heterocycles. The Kier molecular flexibility index (Phi) is 2.90. The highest BCUT2D eigenvalue weighted by Gasteiger charge is 2.18. The van der Waals surface area contributed by atoms with Crippen LogP contribution in [0.25, 0.3) is 0 Å². The zero-order chi connectivity index (χ0) is 9.84. The summed E-state index contributed by atoms with van der Waals surface area (Å²) < 4.78 is 0. The molecule has 13 heavy (non-hydrogen) atoms. The van der Waals surface area contributed by atoms with E-state index >= 15 is 0 Å². The zero-order valence-electron chi connectivity index (χ0n) is 7.65. The summed E-state index contributed by atoms with van der Waals surface area (Å²) in [5.74, 6) is -0.806. The minimum absolute atomic E-state index is 0.109. The fourth-order valence-corrected chi connectivity index (χ4v) is 0.951. The predicted molar refractivity (Wildman–Crippen MR) is 48.4 cm³/mol. The molecule has 1 aromatic rings. The van der Waals surface area contributed by atoms with Gasteiger partial charge >= 0.3 is 0 Å². The number of aromatic nitrogens is 1. The highest BCUT2D eigenvalue weighted by molar-refractivity contribution is 6.09. The Labute approximate surface area is 76.8 Å². The van der Waals surface area contributed by atoms with Crippen molar-refractivity contribution in [3.8, 4) is 0 Å². The number of ketones is 2. The molecule has 0 aromatic carbocycles. The van der Waals surface area contributed by atoms with E-state index in [1.165, 1.54) is 6.92 Å². The summed E-state index contributed by atoms with van der Waals surface area (Å²) in [4.78, 5) is 26.3. The lowest BCUT2D eigenvalue weighted by Crippen LogP contribution is -2.18. The van der Waals surface area contributed by atoms with Gasteiger partial charge in [-0.2, -0.15) is 0 Å². The molecule has 1 rings (SSSR count). The lowest BCUT2D eigenvalue weighted by atomic mass is 9.97. The Morgan fingerprint density at radius 3 is 2.31 bits per heavy atom. The third-order valence-electron chi connectivity index (χ3n) is 1.97. The van der Waals surface area contributed by atoms with Gasteiger partial charge in [-0.05, 0) is 26.0 Å². The maximum absolute atomic E-state index is 11.5. The van der Waals surface area contributed by atoms with Crippen molar-refractivity contribution in [1.29, 1.82) is 0 Å². The van der Waals surface area contributed by atoms with Crippen LogP contribution in [-0.2, 0) is 4.79 Å². The van der Waals surface area contributed by atoms with Crippen LogP contribution < -0.4 is 0 Å². The molecule has 0 amide bonds. The fourth-order valence-electron chi connectivity index (χ4n) is 0.951. The fraction of sp³-hybridized carbons (Fsp3) is 0.300. The summed E-state index contributed by atoms with van der Waals surface area (Å²) in [6.45, 7) is 3.04. The largest absolute Gasteiger partial charge is 0.299 e. The SMILES string of the molecule is CC(=O)C(C)C(=O)c1ccncc1. The van der Waals surface area contributed by atoms with Gasteiger partial charge in [0.1, 0.15) is 5.78 Å². The van der Waals surface area contributed by atoms with Gasteiger partial charge < -0.3 is 0 Å². The second-order valence-corrected chi connectivity index (χ2v) is 2.93. The van der Waals surface area contributed by atoms with Crippen LogP contribution in [0.2, 0.25) is 0 Å². The third kappa shape index (κ3) is 2.21. The number of hydrogen-bond acceptors (Lipinski definition) is 3. The number of rotatable bonds is 3. The van der Waals surface area contributed by atoms with Crippen molar-refractivity contribution < 1.29 is 9.59 Å². The maximum atomic E-state index is 11.5. The molecule has 1 heterocycles. The molecular weight excluding hydrogens is 166 g/mol. The molecule has 0 aliphatic carbocycles. The molecule has 0 saturated heterocycles. The number of nitrogens with zero attached hydrogens (tertiary/aromatic N) is 1. The van der Waals surface area contributed by atoms with E-state index in [2.05, 4.69) is 4.98 Å². The number of carbonyl (C=O) groups is 2. The highest BCUT2D eigenvalue weighted by atomic mass is 16.1. The van der Waals surface area contributed by atoms with Crippen LogP contribution >= 0.6 is 0 Å². The summed E-state index contributed by atoms with van der Waals surface area (Å²) in [5.41, 5.74) is 0.540. The quantitative estimate of drug-likeness (QED) is 0.519. The summed E-state index contributed by atoms with van der Waals surface area (Å²) >= 11 is 0. The van der Waals surface area contributed by atoms with Gasteiger partial charge in [-0.1, -0.05) is 0 Å². The summed E-state index contributed by atoms with van der Waals surface area (Å²) in [5, 5.41) is 0. The average molecular weight is 177 g/mol. The first-order chi connectivity index (χ1) is 6.13. The maximum Gasteiger partial charge on any atom is 0.173 e.